The van der Waals surface area contributed by atoms with Crippen LogP contribution in [0.5, 0.6) is 11.5 Å². The Labute approximate surface area is 159 Å². The average Bonchev–Trinajstić information content (AvgIpc) is 2.70. The third kappa shape index (κ3) is 6.18. The monoisotopic (exact) mass is 369 g/mol. The van der Waals surface area contributed by atoms with Crippen molar-refractivity contribution in [3.63, 3.8) is 0 Å². The molecular formula is C21H23NO5. The normalized spacial score (nSPS) is 10.5. The van der Waals surface area contributed by atoms with Gasteiger partial charge < -0.3 is 19.1 Å². The number of amides is 1. The van der Waals surface area contributed by atoms with Crippen molar-refractivity contribution in [2.45, 2.75) is 6.54 Å². The van der Waals surface area contributed by atoms with Crippen molar-refractivity contribution in [3.05, 3.63) is 65.7 Å². The largest absolute Gasteiger partial charge is 0.497 e. The molecule has 0 fully saturated rings. The van der Waals surface area contributed by atoms with Gasteiger partial charge in [-0.1, -0.05) is 30.3 Å². The average molecular weight is 369 g/mol. The van der Waals surface area contributed by atoms with Crippen molar-refractivity contribution in [1.29, 1.82) is 0 Å². The van der Waals surface area contributed by atoms with Crippen molar-refractivity contribution < 1.29 is 23.8 Å². The van der Waals surface area contributed by atoms with Crippen LogP contribution in [-0.2, 0) is 20.9 Å². The van der Waals surface area contributed by atoms with Crippen molar-refractivity contribution in [2.75, 3.05) is 27.9 Å². The first kappa shape index (κ1) is 20.0. The van der Waals surface area contributed by atoms with E-state index in [1.807, 2.05) is 30.3 Å². The fourth-order valence-electron chi connectivity index (χ4n) is 2.35. The first-order valence-corrected chi connectivity index (χ1v) is 8.38. The Bertz CT molecular complexity index is 801. The third-order valence-electron chi connectivity index (χ3n) is 3.87. The van der Waals surface area contributed by atoms with Crippen LogP contribution in [0, 0.1) is 0 Å². The Morgan fingerprint density at radius 2 is 1.78 bits per heavy atom. The van der Waals surface area contributed by atoms with Crippen LogP contribution in [-0.4, -0.2) is 44.7 Å². The number of nitrogens with zero attached hydrogens (tertiary/aromatic N) is 1. The smallest absolute Gasteiger partial charge is 0.331 e. The summed E-state index contributed by atoms with van der Waals surface area (Å²) in [5.41, 5.74) is 1.70. The van der Waals surface area contributed by atoms with Gasteiger partial charge in [-0.15, -0.1) is 0 Å². The molecule has 0 aromatic heterocycles. The number of carbonyl (C=O) groups is 2. The lowest BCUT2D eigenvalue weighted by atomic mass is 10.2. The van der Waals surface area contributed by atoms with E-state index in [-0.39, 0.29) is 12.5 Å². The minimum Gasteiger partial charge on any atom is -0.497 e. The highest BCUT2D eigenvalue weighted by atomic mass is 16.5. The van der Waals surface area contributed by atoms with Crippen LogP contribution in [0.3, 0.4) is 0 Å². The molecule has 2 aromatic rings. The maximum absolute atomic E-state index is 12.1. The summed E-state index contributed by atoms with van der Waals surface area (Å²) in [4.78, 5) is 25.5. The molecule has 2 aromatic carbocycles. The van der Waals surface area contributed by atoms with E-state index in [0.717, 1.165) is 5.56 Å². The Morgan fingerprint density at radius 1 is 1.04 bits per heavy atom. The van der Waals surface area contributed by atoms with E-state index in [4.69, 9.17) is 14.2 Å². The number of likely N-dealkylation sites (N-methyl/N-ethyl adjacent to an activating group) is 1. The predicted octanol–water partition coefficient (Wildman–Crippen LogP) is 2.92. The molecule has 1 amide bonds. The van der Waals surface area contributed by atoms with Crippen LogP contribution in [0.25, 0.3) is 6.08 Å². The van der Waals surface area contributed by atoms with Gasteiger partial charge >= 0.3 is 5.97 Å². The first-order chi connectivity index (χ1) is 13.0. The topological polar surface area (TPSA) is 65.1 Å². The predicted molar refractivity (Wildman–Crippen MR) is 102 cm³/mol. The van der Waals surface area contributed by atoms with Crippen LogP contribution in [0.2, 0.25) is 0 Å². The van der Waals surface area contributed by atoms with Gasteiger partial charge in [-0.2, -0.15) is 0 Å². The highest BCUT2D eigenvalue weighted by Gasteiger charge is 2.11. The Hall–Kier alpha value is -3.28. The number of benzene rings is 2. The summed E-state index contributed by atoms with van der Waals surface area (Å²) in [7, 11) is 4.76. The third-order valence-corrected chi connectivity index (χ3v) is 3.87. The van der Waals surface area contributed by atoms with Crippen LogP contribution in [0.1, 0.15) is 11.1 Å². The molecule has 0 unspecified atom stereocenters. The van der Waals surface area contributed by atoms with E-state index in [2.05, 4.69) is 0 Å². The quantitative estimate of drug-likeness (QED) is 0.529. The SMILES string of the molecule is COc1ccc(/C=C/C(=O)OCC(=O)N(C)Cc2ccccc2)c(OC)c1. The molecule has 0 aliphatic heterocycles. The highest BCUT2D eigenvalue weighted by molar-refractivity contribution is 5.89. The van der Waals surface area contributed by atoms with Gasteiger partial charge in [0.05, 0.1) is 14.2 Å². The molecule has 0 N–H and O–H groups in total. The highest BCUT2D eigenvalue weighted by Crippen LogP contribution is 2.25. The lowest BCUT2D eigenvalue weighted by Crippen LogP contribution is -2.30. The zero-order valence-electron chi connectivity index (χ0n) is 15.7. The van der Waals surface area contributed by atoms with E-state index in [9.17, 15) is 9.59 Å². The lowest BCUT2D eigenvalue weighted by Gasteiger charge is -2.16. The molecule has 27 heavy (non-hydrogen) atoms. The molecule has 6 heteroatoms. The number of hydrogen-bond acceptors (Lipinski definition) is 5. The second kappa shape index (κ2) is 10.0. The molecule has 2 rings (SSSR count). The zero-order valence-corrected chi connectivity index (χ0v) is 15.7. The van der Waals surface area contributed by atoms with E-state index < -0.39 is 5.97 Å². The van der Waals surface area contributed by atoms with Gasteiger partial charge in [0.1, 0.15) is 11.5 Å². The molecule has 0 radical (unpaired) electrons. The van der Waals surface area contributed by atoms with Gasteiger partial charge in [0.15, 0.2) is 6.61 Å². The molecule has 0 heterocycles. The summed E-state index contributed by atoms with van der Waals surface area (Å²) < 4.78 is 15.4. The fourth-order valence-corrected chi connectivity index (χ4v) is 2.35. The minimum absolute atomic E-state index is 0.275. The van der Waals surface area contributed by atoms with Crippen LogP contribution >= 0.6 is 0 Å². The van der Waals surface area contributed by atoms with E-state index >= 15 is 0 Å². The summed E-state index contributed by atoms with van der Waals surface area (Å²) in [5.74, 6) is 0.340. The summed E-state index contributed by atoms with van der Waals surface area (Å²) >= 11 is 0. The maximum Gasteiger partial charge on any atom is 0.331 e. The number of methoxy groups -OCH3 is 2. The Morgan fingerprint density at radius 3 is 2.44 bits per heavy atom. The number of hydrogen-bond donors (Lipinski definition) is 0. The summed E-state index contributed by atoms with van der Waals surface area (Å²) in [6, 6.07) is 14.8. The molecular weight excluding hydrogens is 346 g/mol. The molecule has 0 bridgehead atoms. The van der Waals surface area contributed by atoms with E-state index in [0.29, 0.717) is 23.6 Å². The fraction of sp³-hybridized carbons (Fsp3) is 0.238. The summed E-state index contributed by atoms with van der Waals surface area (Å²) in [6.45, 7) is 0.141. The van der Waals surface area contributed by atoms with Gasteiger partial charge in [-0.25, -0.2) is 4.79 Å². The number of ether oxygens (including phenoxy) is 3. The van der Waals surface area contributed by atoms with Crippen molar-refractivity contribution in [2.24, 2.45) is 0 Å². The molecule has 0 spiro atoms. The van der Waals surface area contributed by atoms with E-state index in [1.165, 1.54) is 18.1 Å². The maximum atomic E-state index is 12.1. The second-order valence-corrected chi connectivity index (χ2v) is 5.78. The minimum atomic E-state index is -0.602. The number of esters is 1. The van der Waals surface area contributed by atoms with Gasteiger partial charge in [0.25, 0.3) is 5.91 Å². The van der Waals surface area contributed by atoms with Crippen molar-refractivity contribution >= 4 is 18.0 Å². The Balaban J connectivity index is 1.86. The van der Waals surface area contributed by atoms with E-state index in [1.54, 1.807) is 38.4 Å². The summed E-state index contributed by atoms with van der Waals surface area (Å²) in [5, 5.41) is 0. The van der Waals surface area contributed by atoms with Crippen LogP contribution < -0.4 is 9.47 Å². The zero-order chi connectivity index (χ0) is 19.6. The summed E-state index contributed by atoms with van der Waals surface area (Å²) in [6.07, 6.45) is 2.83. The van der Waals surface area contributed by atoms with Gasteiger partial charge in [-0.05, 0) is 23.8 Å². The number of rotatable bonds is 8. The molecule has 0 saturated heterocycles. The molecule has 0 atom stereocenters. The lowest BCUT2D eigenvalue weighted by molar-refractivity contribution is -0.147. The van der Waals surface area contributed by atoms with Crippen LogP contribution in [0.4, 0.5) is 0 Å². The van der Waals surface area contributed by atoms with Gasteiger partial charge in [0, 0.05) is 31.3 Å². The van der Waals surface area contributed by atoms with Gasteiger partial charge in [-0.3, -0.25) is 4.79 Å². The van der Waals surface area contributed by atoms with Crippen molar-refractivity contribution in [3.8, 4) is 11.5 Å². The molecule has 0 aliphatic carbocycles. The van der Waals surface area contributed by atoms with Crippen LogP contribution in [0.15, 0.2) is 54.6 Å². The second-order valence-electron chi connectivity index (χ2n) is 5.78. The molecule has 142 valence electrons. The standard InChI is InChI=1S/C21H23NO5/c1-22(14-16-7-5-4-6-8-16)20(23)15-27-21(24)12-10-17-9-11-18(25-2)13-19(17)26-3/h4-13H,14-15H2,1-3H3/b12-10+. The molecule has 0 saturated carbocycles. The Kier molecular flexibility index (Phi) is 7.43. The first-order valence-electron chi connectivity index (χ1n) is 8.38. The molecule has 6 nitrogen and oxygen atoms in total. The van der Waals surface area contributed by atoms with Crippen molar-refractivity contribution in [1.82, 2.24) is 4.90 Å². The molecule has 0 aliphatic rings. The number of carbonyl (C=O) groups excluding carboxylic acids is 2. The van der Waals surface area contributed by atoms with Gasteiger partial charge in [0.2, 0.25) is 0 Å².